The van der Waals surface area contributed by atoms with Crippen LogP contribution in [-0.4, -0.2) is 22.2 Å². The zero-order chi connectivity index (χ0) is 14.9. The molecule has 0 saturated heterocycles. The smallest absolute Gasteiger partial charge is 0.331 e. The van der Waals surface area contributed by atoms with Gasteiger partial charge in [-0.1, -0.05) is 34.1 Å². The van der Waals surface area contributed by atoms with Crippen molar-refractivity contribution in [1.82, 2.24) is 0 Å². The quantitative estimate of drug-likeness (QED) is 0.887. The summed E-state index contributed by atoms with van der Waals surface area (Å²) >= 11 is 3.33. The second-order valence-corrected chi connectivity index (χ2v) is 5.90. The largest absolute Gasteiger partial charge is 0.481 e. The predicted octanol–water partition coefficient (Wildman–Crippen LogP) is 3.34. The van der Waals surface area contributed by atoms with Gasteiger partial charge in [0.1, 0.15) is 0 Å². The fourth-order valence-corrected chi connectivity index (χ4v) is 2.42. The summed E-state index contributed by atoms with van der Waals surface area (Å²) in [6, 6.07) is 7.30. The molecule has 0 fully saturated rings. The van der Waals surface area contributed by atoms with Crippen LogP contribution in [0.2, 0.25) is 0 Å². The van der Waals surface area contributed by atoms with Crippen LogP contribution in [0.25, 0.3) is 5.57 Å². The maximum atomic E-state index is 11.4. The number of carboxylic acids is 2. The van der Waals surface area contributed by atoms with E-state index in [9.17, 15) is 14.7 Å². The number of halogens is 1. The number of carboxylic acid groups (broad SMARTS) is 2. The highest BCUT2D eigenvalue weighted by molar-refractivity contribution is 9.10. The summed E-state index contributed by atoms with van der Waals surface area (Å²) in [6.07, 6.45) is 3.14. The monoisotopic (exact) mass is 336 g/mol. The van der Waals surface area contributed by atoms with Gasteiger partial charge < -0.3 is 10.2 Å². The molecule has 0 amide bonds. The second kappa shape index (κ2) is 5.25. The van der Waals surface area contributed by atoms with Gasteiger partial charge in [-0.2, -0.15) is 0 Å². The summed E-state index contributed by atoms with van der Waals surface area (Å²) in [6.45, 7) is 1.53. The fourth-order valence-electron chi connectivity index (χ4n) is 2.15. The number of allylic oxidation sites excluding steroid dienone is 2. The number of hydrogen-bond acceptors (Lipinski definition) is 2. The van der Waals surface area contributed by atoms with E-state index in [1.165, 1.54) is 13.0 Å². The summed E-state index contributed by atoms with van der Waals surface area (Å²) in [4.78, 5) is 22.6. The molecule has 0 spiro atoms. The van der Waals surface area contributed by atoms with E-state index < -0.39 is 17.4 Å². The minimum atomic E-state index is -1.20. The first-order valence-corrected chi connectivity index (χ1v) is 6.77. The molecular weight excluding hydrogens is 324 g/mol. The second-order valence-electron chi connectivity index (χ2n) is 4.98. The van der Waals surface area contributed by atoms with Crippen LogP contribution in [0, 0.1) is 5.41 Å². The molecule has 4 nitrogen and oxygen atoms in total. The average molecular weight is 337 g/mol. The van der Waals surface area contributed by atoms with Crippen LogP contribution in [0.5, 0.6) is 0 Å². The highest BCUT2D eigenvalue weighted by atomic mass is 79.9. The van der Waals surface area contributed by atoms with Crippen LogP contribution < -0.4 is 0 Å². The summed E-state index contributed by atoms with van der Waals surface area (Å²) in [5.41, 5.74) is 0.311. The molecule has 0 aliphatic heterocycles. The van der Waals surface area contributed by atoms with E-state index in [4.69, 9.17) is 5.11 Å². The first kappa shape index (κ1) is 14.5. The van der Waals surface area contributed by atoms with Gasteiger partial charge in [0.05, 0.1) is 5.41 Å². The van der Waals surface area contributed by atoms with Crippen LogP contribution in [0.4, 0.5) is 0 Å². The summed E-state index contributed by atoms with van der Waals surface area (Å²) in [7, 11) is 0. The van der Waals surface area contributed by atoms with E-state index in [2.05, 4.69) is 15.9 Å². The molecular formula is C15H13BrO4. The molecule has 2 N–H and O–H groups in total. The fraction of sp³-hybridized carbons (Fsp3) is 0.200. The van der Waals surface area contributed by atoms with Crippen molar-refractivity contribution in [1.29, 1.82) is 0 Å². The van der Waals surface area contributed by atoms with E-state index >= 15 is 0 Å². The molecule has 0 saturated carbocycles. The van der Waals surface area contributed by atoms with Crippen molar-refractivity contribution in [2.45, 2.75) is 13.3 Å². The third-order valence-corrected chi connectivity index (χ3v) is 3.83. The molecule has 1 unspecified atom stereocenters. The Hall–Kier alpha value is -1.88. The Morgan fingerprint density at radius 1 is 1.20 bits per heavy atom. The van der Waals surface area contributed by atoms with Gasteiger partial charge in [-0.05, 0) is 42.7 Å². The van der Waals surface area contributed by atoms with Crippen LogP contribution in [0.15, 0.2) is 46.5 Å². The van der Waals surface area contributed by atoms with Gasteiger partial charge in [0, 0.05) is 10.0 Å². The molecule has 0 heterocycles. The Morgan fingerprint density at radius 3 is 2.30 bits per heavy atom. The molecule has 1 atom stereocenters. The van der Waals surface area contributed by atoms with E-state index in [-0.39, 0.29) is 12.0 Å². The number of hydrogen-bond donors (Lipinski definition) is 2. The maximum absolute atomic E-state index is 11.4. The Labute approximate surface area is 124 Å². The van der Waals surface area contributed by atoms with E-state index in [0.29, 0.717) is 5.57 Å². The molecule has 1 aliphatic rings. The molecule has 20 heavy (non-hydrogen) atoms. The molecule has 2 rings (SSSR count). The van der Waals surface area contributed by atoms with Crippen LogP contribution in [-0.2, 0) is 9.59 Å². The molecule has 1 aromatic carbocycles. The van der Waals surface area contributed by atoms with Gasteiger partial charge in [-0.3, -0.25) is 4.79 Å². The third-order valence-electron chi connectivity index (χ3n) is 3.30. The molecule has 0 radical (unpaired) electrons. The third kappa shape index (κ3) is 2.82. The number of benzene rings is 1. The van der Waals surface area contributed by atoms with E-state index in [1.54, 1.807) is 6.08 Å². The normalized spacial score (nSPS) is 21.9. The maximum Gasteiger partial charge on any atom is 0.331 e. The molecule has 1 aromatic rings. The van der Waals surface area contributed by atoms with Gasteiger partial charge in [0.15, 0.2) is 0 Å². The van der Waals surface area contributed by atoms with Crippen LogP contribution in [0.1, 0.15) is 18.9 Å². The predicted molar refractivity (Wildman–Crippen MR) is 78.2 cm³/mol. The first-order chi connectivity index (χ1) is 9.32. The minimum Gasteiger partial charge on any atom is -0.481 e. The van der Waals surface area contributed by atoms with Gasteiger partial charge in [-0.15, -0.1) is 0 Å². The lowest BCUT2D eigenvalue weighted by Crippen LogP contribution is -2.29. The molecule has 104 valence electrons. The Bertz CT molecular complexity index is 628. The summed E-state index contributed by atoms with van der Waals surface area (Å²) in [5, 5.41) is 18.5. The van der Waals surface area contributed by atoms with Crippen molar-refractivity contribution in [2.75, 3.05) is 0 Å². The number of carbonyl (C=O) groups is 2. The molecule has 0 aromatic heterocycles. The molecule has 0 bridgehead atoms. The zero-order valence-corrected chi connectivity index (χ0v) is 12.3. The lowest BCUT2D eigenvalue weighted by atomic mass is 9.76. The van der Waals surface area contributed by atoms with E-state index in [0.717, 1.165) is 10.0 Å². The lowest BCUT2D eigenvalue weighted by Gasteiger charge is -2.26. The highest BCUT2D eigenvalue weighted by Gasteiger charge is 2.36. The summed E-state index contributed by atoms with van der Waals surface area (Å²) < 4.78 is 0.904. The van der Waals surface area contributed by atoms with Crippen molar-refractivity contribution in [3.8, 4) is 0 Å². The Morgan fingerprint density at radius 2 is 1.80 bits per heavy atom. The lowest BCUT2D eigenvalue weighted by molar-refractivity contribution is -0.145. The van der Waals surface area contributed by atoms with Crippen molar-refractivity contribution >= 4 is 33.4 Å². The standard InChI is InChI=1S/C15H13BrO4/c1-15(14(19)20)7-10(6-11(8-15)13(17)18)9-2-4-12(16)5-3-9/h2-7H,8H2,1H3,(H,17,18)(H,19,20). The van der Waals surface area contributed by atoms with Gasteiger partial charge in [0.25, 0.3) is 0 Å². The minimum absolute atomic E-state index is 0.0162. The van der Waals surface area contributed by atoms with Crippen molar-refractivity contribution in [2.24, 2.45) is 5.41 Å². The van der Waals surface area contributed by atoms with E-state index in [1.807, 2.05) is 24.3 Å². The SMILES string of the molecule is CC1(C(=O)O)C=C(c2ccc(Br)cc2)C=C(C(=O)O)C1. The Kier molecular flexibility index (Phi) is 3.81. The van der Waals surface area contributed by atoms with Crippen molar-refractivity contribution in [3.05, 3.63) is 52.0 Å². The van der Waals surface area contributed by atoms with Crippen molar-refractivity contribution < 1.29 is 19.8 Å². The van der Waals surface area contributed by atoms with Gasteiger partial charge in [-0.25, -0.2) is 4.79 Å². The Balaban J connectivity index is 2.52. The topological polar surface area (TPSA) is 74.6 Å². The van der Waals surface area contributed by atoms with Gasteiger partial charge in [0.2, 0.25) is 0 Å². The number of aliphatic carboxylic acids is 2. The number of rotatable bonds is 3. The molecule has 5 heteroatoms. The van der Waals surface area contributed by atoms with Crippen LogP contribution in [0.3, 0.4) is 0 Å². The zero-order valence-electron chi connectivity index (χ0n) is 10.8. The summed E-state index contributed by atoms with van der Waals surface area (Å²) in [5.74, 6) is -2.11. The molecule has 1 aliphatic carbocycles. The first-order valence-electron chi connectivity index (χ1n) is 5.98. The highest BCUT2D eigenvalue weighted by Crippen LogP contribution is 2.37. The average Bonchev–Trinajstić information content (AvgIpc) is 2.38. The van der Waals surface area contributed by atoms with Crippen molar-refractivity contribution in [3.63, 3.8) is 0 Å². The van der Waals surface area contributed by atoms with Crippen LogP contribution >= 0.6 is 15.9 Å². The van der Waals surface area contributed by atoms with Gasteiger partial charge >= 0.3 is 11.9 Å².